The molecule has 0 radical (unpaired) electrons. The summed E-state index contributed by atoms with van der Waals surface area (Å²) < 4.78 is 10.3. The number of nitro benzene ring substituents is 1. The molecule has 1 saturated heterocycles. The smallest absolute Gasteiger partial charge is 0.329 e. The van der Waals surface area contributed by atoms with Crippen LogP contribution in [-0.4, -0.2) is 66.1 Å². The standard InChI is InChI=1S/C17H21N3O7/c1-11(18-15(21)13-4-3-5-14(10-13)20(24)25)17(23)27-12(2)16(22)19-6-8-26-9-7-19/h3-5,10-12H,6-9H2,1-2H3,(H,18,21). The van der Waals surface area contributed by atoms with E-state index in [2.05, 4.69) is 5.32 Å². The maximum absolute atomic E-state index is 12.2. The van der Waals surface area contributed by atoms with Crippen molar-refractivity contribution in [3.05, 3.63) is 39.9 Å². The number of carbonyl (C=O) groups excluding carboxylic acids is 3. The number of nitrogens with one attached hydrogen (secondary N) is 1. The number of morpholine rings is 1. The summed E-state index contributed by atoms with van der Waals surface area (Å²) in [6.45, 7) is 4.60. The van der Waals surface area contributed by atoms with Gasteiger partial charge >= 0.3 is 5.97 Å². The maximum Gasteiger partial charge on any atom is 0.329 e. The highest BCUT2D eigenvalue weighted by Gasteiger charge is 2.27. The number of benzene rings is 1. The first-order valence-corrected chi connectivity index (χ1v) is 8.42. The topological polar surface area (TPSA) is 128 Å². The number of hydrogen-bond acceptors (Lipinski definition) is 7. The number of esters is 1. The first-order chi connectivity index (χ1) is 12.8. The Morgan fingerprint density at radius 2 is 1.93 bits per heavy atom. The molecule has 0 saturated carbocycles. The Kier molecular flexibility index (Phi) is 6.83. The molecule has 146 valence electrons. The first-order valence-electron chi connectivity index (χ1n) is 8.42. The van der Waals surface area contributed by atoms with Gasteiger partial charge in [0.25, 0.3) is 17.5 Å². The van der Waals surface area contributed by atoms with Gasteiger partial charge < -0.3 is 19.7 Å². The van der Waals surface area contributed by atoms with Crippen LogP contribution in [0.3, 0.4) is 0 Å². The van der Waals surface area contributed by atoms with Crippen molar-refractivity contribution in [3.8, 4) is 0 Å². The summed E-state index contributed by atoms with van der Waals surface area (Å²) in [4.78, 5) is 48.3. The van der Waals surface area contributed by atoms with E-state index in [1.165, 1.54) is 32.0 Å². The molecule has 2 atom stereocenters. The van der Waals surface area contributed by atoms with Crippen LogP contribution >= 0.6 is 0 Å². The van der Waals surface area contributed by atoms with E-state index in [0.29, 0.717) is 26.3 Å². The lowest BCUT2D eigenvalue weighted by atomic mass is 10.2. The molecule has 1 aromatic rings. The Morgan fingerprint density at radius 1 is 1.26 bits per heavy atom. The third kappa shape index (κ3) is 5.48. The molecule has 0 bridgehead atoms. The van der Waals surface area contributed by atoms with Gasteiger partial charge in [0.2, 0.25) is 0 Å². The van der Waals surface area contributed by atoms with Crippen LogP contribution in [0.5, 0.6) is 0 Å². The summed E-state index contributed by atoms with van der Waals surface area (Å²) in [6.07, 6.45) is -0.993. The van der Waals surface area contributed by atoms with Crippen molar-refractivity contribution in [2.45, 2.75) is 26.0 Å². The predicted octanol–water partition coefficient (Wildman–Crippen LogP) is 0.504. The minimum Gasteiger partial charge on any atom is -0.451 e. The molecule has 10 nitrogen and oxygen atoms in total. The van der Waals surface area contributed by atoms with E-state index in [-0.39, 0.29) is 17.2 Å². The van der Waals surface area contributed by atoms with Gasteiger partial charge in [-0.15, -0.1) is 0 Å². The number of amides is 2. The fraction of sp³-hybridized carbons (Fsp3) is 0.471. The average molecular weight is 379 g/mol. The predicted molar refractivity (Wildman–Crippen MR) is 93.0 cm³/mol. The molecule has 0 aliphatic carbocycles. The molecule has 10 heteroatoms. The number of carbonyl (C=O) groups is 3. The summed E-state index contributed by atoms with van der Waals surface area (Å²) in [5.41, 5.74) is -0.191. The number of hydrogen-bond donors (Lipinski definition) is 1. The van der Waals surface area contributed by atoms with Gasteiger partial charge in [-0.2, -0.15) is 0 Å². The molecule has 27 heavy (non-hydrogen) atoms. The molecule has 0 aromatic heterocycles. The monoisotopic (exact) mass is 379 g/mol. The van der Waals surface area contributed by atoms with Crippen molar-refractivity contribution in [3.63, 3.8) is 0 Å². The maximum atomic E-state index is 12.2. The van der Waals surface area contributed by atoms with Crippen LogP contribution in [0.15, 0.2) is 24.3 Å². The van der Waals surface area contributed by atoms with Gasteiger partial charge in [0.05, 0.1) is 18.1 Å². The van der Waals surface area contributed by atoms with Crippen LogP contribution in [0.4, 0.5) is 5.69 Å². The van der Waals surface area contributed by atoms with E-state index >= 15 is 0 Å². The van der Waals surface area contributed by atoms with Crippen LogP contribution < -0.4 is 5.32 Å². The van der Waals surface area contributed by atoms with Crippen molar-refractivity contribution in [2.75, 3.05) is 26.3 Å². The highest BCUT2D eigenvalue weighted by Crippen LogP contribution is 2.13. The average Bonchev–Trinajstić information content (AvgIpc) is 2.67. The van der Waals surface area contributed by atoms with E-state index in [1.807, 2.05) is 0 Å². The number of nitro groups is 1. The largest absolute Gasteiger partial charge is 0.451 e. The van der Waals surface area contributed by atoms with Crippen LogP contribution in [0.25, 0.3) is 0 Å². The Labute approximate surface area is 155 Å². The second kappa shape index (κ2) is 9.08. The lowest BCUT2D eigenvalue weighted by molar-refractivity contribution is -0.384. The van der Waals surface area contributed by atoms with Crippen LogP contribution in [0, 0.1) is 10.1 Å². The van der Waals surface area contributed by atoms with E-state index in [9.17, 15) is 24.5 Å². The van der Waals surface area contributed by atoms with Gasteiger partial charge in [0.1, 0.15) is 6.04 Å². The molecule has 1 N–H and O–H groups in total. The normalized spacial score (nSPS) is 16.1. The summed E-state index contributed by atoms with van der Waals surface area (Å²) in [5, 5.41) is 13.2. The van der Waals surface area contributed by atoms with Crippen molar-refractivity contribution in [1.82, 2.24) is 10.2 Å². The molecule has 1 heterocycles. The van der Waals surface area contributed by atoms with E-state index < -0.39 is 28.9 Å². The highest BCUT2D eigenvalue weighted by molar-refractivity contribution is 5.97. The van der Waals surface area contributed by atoms with Gasteiger partial charge in [-0.05, 0) is 19.9 Å². The number of rotatable bonds is 6. The molecule has 1 aliphatic rings. The Balaban J connectivity index is 1.90. The Morgan fingerprint density at radius 3 is 2.56 bits per heavy atom. The van der Waals surface area contributed by atoms with Crippen LogP contribution in [0.1, 0.15) is 24.2 Å². The minimum atomic E-state index is -1.03. The van der Waals surface area contributed by atoms with Gasteiger partial charge in [-0.3, -0.25) is 19.7 Å². The third-order valence-electron chi connectivity index (χ3n) is 3.98. The molecule has 0 spiro atoms. The summed E-state index contributed by atoms with van der Waals surface area (Å²) in [6, 6.07) is 4.10. The van der Waals surface area contributed by atoms with Crippen molar-refractivity contribution in [2.24, 2.45) is 0 Å². The summed E-state index contributed by atoms with van der Waals surface area (Å²) >= 11 is 0. The van der Waals surface area contributed by atoms with Gasteiger partial charge in [-0.25, -0.2) is 4.79 Å². The van der Waals surface area contributed by atoms with E-state index in [0.717, 1.165) is 6.07 Å². The summed E-state index contributed by atoms with van der Waals surface area (Å²) in [5.74, 6) is -1.76. The molecule has 2 rings (SSSR count). The fourth-order valence-corrected chi connectivity index (χ4v) is 2.47. The molecule has 1 aromatic carbocycles. The van der Waals surface area contributed by atoms with Crippen molar-refractivity contribution < 1.29 is 28.8 Å². The van der Waals surface area contributed by atoms with Crippen LogP contribution in [-0.2, 0) is 19.1 Å². The number of nitrogens with zero attached hydrogens (tertiary/aromatic N) is 2. The SMILES string of the molecule is CC(NC(=O)c1cccc([N+](=O)[O-])c1)C(=O)OC(C)C(=O)N1CCOCC1. The molecular formula is C17H21N3O7. The van der Waals surface area contributed by atoms with Crippen molar-refractivity contribution in [1.29, 1.82) is 0 Å². The van der Waals surface area contributed by atoms with Crippen molar-refractivity contribution >= 4 is 23.5 Å². The summed E-state index contributed by atoms with van der Waals surface area (Å²) in [7, 11) is 0. The highest BCUT2D eigenvalue weighted by atomic mass is 16.6. The van der Waals surface area contributed by atoms with E-state index in [1.54, 1.807) is 4.90 Å². The second-order valence-corrected chi connectivity index (χ2v) is 6.02. The molecule has 2 amide bonds. The zero-order chi connectivity index (χ0) is 20.0. The lowest BCUT2D eigenvalue weighted by Crippen LogP contribution is -2.47. The van der Waals surface area contributed by atoms with Gasteiger partial charge in [-0.1, -0.05) is 6.07 Å². The minimum absolute atomic E-state index is 0.0429. The second-order valence-electron chi connectivity index (χ2n) is 6.02. The van der Waals surface area contributed by atoms with Crippen LogP contribution in [0.2, 0.25) is 0 Å². The van der Waals surface area contributed by atoms with Gasteiger partial charge in [0, 0.05) is 30.8 Å². The van der Waals surface area contributed by atoms with E-state index in [4.69, 9.17) is 9.47 Å². The molecule has 2 unspecified atom stereocenters. The Hall–Kier alpha value is -3.01. The zero-order valence-electron chi connectivity index (χ0n) is 15.0. The van der Waals surface area contributed by atoms with Gasteiger partial charge in [0.15, 0.2) is 6.10 Å². The lowest BCUT2D eigenvalue weighted by Gasteiger charge is -2.29. The molecule has 1 fully saturated rings. The Bertz CT molecular complexity index is 731. The zero-order valence-corrected chi connectivity index (χ0v) is 15.0. The number of ether oxygens (including phenoxy) is 2. The molecular weight excluding hydrogens is 358 g/mol. The fourth-order valence-electron chi connectivity index (χ4n) is 2.47. The quantitative estimate of drug-likeness (QED) is 0.433. The first kappa shape index (κ1) is 20.3. The third-order valence-corrected chi connectivity index (χ3v) is 3.98. The molecule has 1 aliphatic heterocycles. The number of non-ortho nitro benzene ring substituents is 1.